The van der Waals surface area contributed by atoms with Crippen molar-refractivity contribution in [1.29, 1.82) is 0 Å². The van der Waals surface area contributed by atoms with Crippen LogP contribution >= 0.6 is 11.6 Å². The third-order valence-corrected chi connectivity index (χ3v) is 2.64. The van der Waals surface area contributed by atoms with E-state index < -0.39 is 0 Å². The van der Waals surface area contributed by atoms with Crippen molar-refractivity contribution in [2.45, 2.75) is 5.88 Å². The maximum atomic E-state index is 5.67. The fourth-order valence-electron chi connectivity index (χ4n) is 1.43. The Balaban J connectivity index is 2.27. The molecule has 0 bridgehead atoms. The maximum absolute atomic E-state index is 5.67. The molecule has 0 spiro atoms. The molecule has 0 saturated carbocycles. The van der Waals surface area contributed by atoms with Crippen molar-refractivity contribution < 1.29 is 4.52 Å². The second-order valence-corrected chi connectivity index (χ2v) is 4.02. The zero-order chi connectivity index (χ0) is 11.5. The van der Waals surface area contributed by atoms with Gasteiger partial charge in [0.05, 0.1) is 11.6 Å². The monoisotopic (exact) mass is 236 g/mol. The molecule has 1 aromatic heterocycles. The van der Waals surface area contributed by atoms with Gasteiger partial charge in [-0.15, -0.1) is 11.6 Å². The lowest BCUT2D eigenvalue weighted by Gasteiger charge is -2.11. The van der Waals surface area contributed by atoms with E-state index in [-0.39, 0.29) is 0 Å². The molecule has 0 atom stereocenters. The van der Waals surface area contributed by atoms with Gasteiger partial charge in [0, 0.05) is 31.4 Å². The van der Waals surface area contributed by atoms with Gasteiger partial charge in [0.2, 0.25) is 0 Å². The van der Waals surface area contributed by atoms with Crippen LogP contribution in [-0.4, -0.2) is 19.3 Å². The highest BCUT2D eigenvalue weighted by molar-refractivity contribution is 6.16. The molecule has 0 N–H and O–H groups in total. The largest absolute Gasteiger partial charge is 0.378 e. The first kappa shape index (κ1) is 11.0. The average molecular weight is 237 g/mol. The van der Waals surface area contributed by atoms with E-state index in [1.54, 1.807) is 0 Å². The number of alkyl halides is 1. The Labute approximate surface area is 99.6 Å². The fourth-order valence-corrected chi connectivity index (χ4v) is 1.56. The number of aromatic nitrogens is 1. The molecule has 0 saturated heterocycles. The van der Waals surface area contributed by atoms with Gasteiger partial charge in [0.15, 0.2) is 5.76 Å². The van der Waals surface area contributed by atoms with E-state index in [9.17, 15) is 0 Å². The summed E-state index contributed by atoms with van der Waals surface area (Å²) in [6, 6.07) is 9.95. The van der Waals surface area contributed by atoms with E-state index in [0.717, 1.165) is 22.7 Å². The lowest BCUT2D eigenvalue weighted by Crippen LogP contribution is -2.07. The van der Waals surface area contributed by atoms with Crippen molar-refractivity contribution in [1.82, 2.24) is 5.16 Å². The molecule has 2 rings (SSSR count). The molecule has 2 aromatic rings. The minimum atomic E-state index is 0.374. The Morgan fingerprint density at radius 1 is 1.25 bits per heavy atom. The van der Waals surface area contributed by atoms with Gasteiger partial charge in [-0.05, 0) is 24.3 Å². The minimum absolute atomic E-state index is 0.374. The highest BCUT2D eigenvalue weighted by Gasteiger charge is 2.06. The first-order valence-corrected chi connectivity index (χ1v) is 5.53. The van der Waals surface area contributed by atoms with Gasteiger partial charge in [0.25, 0.3) is 0 Å². The number of halogens is 1. The van der Waals surface area contributed by atoms with Crippen LogP contribution in [0.25, 0.3) is 11.3 Å². The molecule has 1 heterocycles. The molecule has 0 radical (unpaired) electrons. The standard InChI is InChI=1S/C12H13ClN2O/c1-15(2)11-5-3-9(4-6-11)12-7-10(8-13)14-16-12/h3-7H,8H2,1-2H3. The van der Waals surface area contributed by atoms with Crippen molar-refractivity contribution in [3.63, 3.8) is 0 Å². The Bertz CT molecular complexity index is 462. The smallest absolute Gasteiger partial charge is 0.167 e. The Morgan fingerprint density at radius 3 is 2.44 bits per heavy atom. The van der Waals surface area contributed by atoms with Crippen molar-refractivity contribution in [2.24, 2.45) is 0 Å². The Kier molecular flexibility index (Phi) is 3.15. The first-order chi connectivity index (χ1) is 7.70. The molecule has 1 aromatic carbocycles. The Morgan fingerprint density at radius 2 is 1.94 bits per heavy atom. The summed E-state index contributed by atoms with van der Waals surface area (Å²) in [5, 5.41) is 3.85. The molecule has 0 aliphatic heterocycles. The summed E-state index contributed by atoms with van der Waals surface area (Å²) in [7, 11) is 4.02. The summed E-state index contributed by atoms with van der Waals surface area (Å²) in [5.41, 5.74) is 2.92. The molecule has 4 heteroatoms. The van der Waals surface area contributed by atoms with E-state index in [1.165, 1.54) is 0 Å². The number of rotatable bonds is 3. The van der Waals surface area contributed by atoms with E-state index in [2.05, 4.69) is 5.16 Å². The highest BCUT2D eigenvalue weighted by atomic mass is 35.5. The van der Waals surface area contributed by atoms with Gasteiger partial charge >= 0.3 is 0 Å². The minimum Gasteiger partial charge on any atom is -0.378 e. The molecule has 16 heavy (non-hydrogen) atoms. The van der Waals surface area contributed by atoms with Crippen molar-refractivity contribution >= 4 is 17.3 Å². The van der Waals surface area contributed by atoms with Crippen LogP contribution in [0, 0.1) is 0 Å². The van der Waals surface area contributed by atoms with E-state index >= 15 is 0 Å². The van der Waals surface area contributed by atoms with Crippen LogP contribution < -0.4 is 4.90 Å². The summed E-state index contributed by atoms with van der Waals surface area (Å²) in [6.45, 7) is 0. The van der Waals surface area contributed by atoms with Crippen molar-refractivity contribution in [3.05, 3.63) is 36.0 Å². The summed E-state index contributed by atoms with van der Waals surface area (Å²) < 4.78 is 5.19. The van der Waals surface area contributed by atoms with Gasteiger partial charge in [-0.25, -0.2) is 0 Å². The highest BCUT2D eigenvalue weighted by Crippen LogP contribution is 2.23. The quantitative estimate of drug-likeness (QED) is 0.767. The molecule has 84 valence electrons. The third-order valence-electron chi connectivity index (χ3n) is 2.36. The van der Waals surface area contributed by atoms with Crippen LogP contribution in [-0.2, 0) is 5.88 Å². The lowest BCUT2D eigenvalue weighted by atomic mass is 10.1. The molecular weight excluding hydrogens is 224 g/mol. The fraction of sp³-hybridized carbons (Fsp3) is 0.250. The van der Waals surface area contributed by atoms with E-state index in [4.69, 9.17) is 16.1 Å². The van der Waals surface area contributed by atoms with Gasteiger partial charge < -0.3 is 9.42 Å². The maximum Gasteiger partial charge on any atom is 0.167 e. The van der Waals surface area contributed by atoms with E-state index in [1.807, 2.05) is 49.3 Å². The molecule has 3 nitrogen and oxygen atoms in total. The van der Waals surface area contributed by atoms with Crippen LogP contribution in [0.5, 0.6) is 0 Å². The topological polar surface area (TPSA) is 29.3 Å². The van der Waals surface area contributed by atoms with Crippen LogP contribution in [0.15, 0.2) is 34.9 Å². The average Bonchev–Trinajstić information content (AvgIpc) is 2.77. The Hall–Kier alpha value is -1.48. The summed E-state index contributed by atoms with van der Waals surface area (Å²) in [5.74, 6) is 1.13. The van der Waals surface area contributed by atoms with Crippen LogP contribution in [0.2, 0.25) is 0 Å². The zero-order valence-electron chi connectivity index (χ0n) is 9.27. The second kappa shape index (κ2) is 4.58. The number of benzene rings is 1. The van der Waals surface area contributed by atoms with Crippen molar-refractivity contribution in [2.75, 3.05) is 19.0 Å². The van der Waals surface area contributed by atoms with E-state index in [0.29, 0.717) is 5.88 Å². The van der Waals surface area contributed by atoms with Gasteiger partial charge in [-0.2, -0.15) is 0 Å². The predicted octanol–water partition coefficient (Wildman–Crippen LogP) is 3.15. The SMILES string of the molecule is CN(C)c1ccc(-c2cc(CCl)no2)cc1. The molecule has 0 aliphatic carbocycles. The van der Waals surface area contributed by atoms with Crippen molar-refractivity contribution in [3.8, 4) is 11.3 Å². The third kappa shape index (κ3) is 2.19. The predicted molar refractivity (Wildman–Crippen MR) is 65.8 cm³/mol. The molecule has 0 unspecified atom stereocenters. The number of hydrogen-bond donors (Lipinski definition) is 0. The van der Waals surface area contributed by atoms with Crippen LogP contribution in [0.3, 0.4) is 0 Å². The molecule has 0 amide bonds. The number of hydrogen-bond acceptors (Lipinski definition) is 3. The normalized spacial score (nSPS) is 10.4. The summed E-state index contributed by atoms with van der Waals surface area (Å²) in [4.78, 5) is 2.05. The number of nitrogens with zero attached hydrogens (tertiary/aromatic N) is 2. The summed E-state index contributed by atoms with van der Waals surface area (Å²) in [6.07, 6.45) is 0. The van der Waals surface area contributed by atoms with Gasteiger partial charge in [-0.1, -0.05) is 5.16 Å². The van der Waals surface area contributed by atoms with Crippen LogP contribution in [0.1, 0.15) is 5.69 Å². The molecule has 0 aliphatic rings. The van der Waals surface area contributed by atoms with Crippen LogP contribution in [0.4, 0.5) is 5.69 Å². The molecular formula is C12H13ClN2O. The summed E-state index contributed by atoms with van der Waals surface area (Å²) >= 11 is 5.67. The zero-order valence-corrected chi connectivity index (χ0v) is 10.0. The van der Waals surface area contributed by atoms with Gasteiger partial charge in [0.1, 0.15) is 0 Å². The first-order valence-electron chi connectivity index (χ1n) is 5.00. The lowest BCUT2D eigenvalue weighted by molar-refractivity contribution is 0.426. The number of anilines is 1. The molecule has 0 fully saturated rings. The van der Waals surface area contributed by atoms with Gasteiger partial charge in [-0.3, -0.25) is 0 Å². The second-order valence-electron chi connectivity index (χ2n) is 3.76.